The molecule has 0 spiro atoms. The molecule has 0 saturated heterocycles. The Balaban J connectivity index is 2.39. The van der Waals surface area contributed by atoms with E-state index in [1.807, 2.05) is 0 Å². The fourth-order valence-corrected chi connectivity index (χ4v) is 1.74. The molecule has 5 heteroatoms. The number of anilines is 1. The van der Waals surface area contributed by atoms with Gasteiger partial charge in [0.1, 0.15) is 0 Å². The molecule has 0 radical (unpaired) electrons. The standard InChI is InChI=1S/C13H11F3N2/c14-13(15,16)11-4-2-1-3-9(11)7-10-8-18-6-5-12(10)17/h1-6,8H,7H2,(H2,17,18). The maximum Gasteiger partial charge on any atom is 0.416 e. The van der Waals surface area contributed by atoms with Gasteiger partial charge in [-0.05, 0) is 23.3 Å². The highest BCUT2D eigenvalue weighted by molar-refractivity contribution is 5.47. The van der Waals surface area contributed by atoms with Crippen LogP contribution in [0.2, 0.25) is 0 Å². The third-order valence-corrected chi connectivity index (χ3v) is 2.64. The Kier molecular flexibility index (Phi) is 3.23. The smallest absolute Gasteiger partial charge is 0.398 e. The number of alkyl halides is 3. The van der Waals surface area contributed by atoms with Crippen molar-refractivity contribution in [1.82, 2.24) is 4.98 Å². The quantitative estimate of drug-likeness (QED) is 0.890. The van der Waals surface area contributed by atoms with Gasteiger partial charge in [-0.25, -0.2) is 0 Å². The number of nitrogens with two attached hydrogens (primary N) is 1. The molecule has 94 valence electrons. The van der Waals surface area contributed by atoms with Crippen molar-refractivity contribution in [2.24, 2.45) is 0 Å². The predicted molar refractivity (Wildman–Crippen MR) is 62.9 cm³/mol. The van der Waals surface area contributed by atoms with E-state index in [-0.39, 0.29) is 12.0 Å². The van der Waals surface area contributed by atoms with Crippen molar-refractivity contribution in [1.29, 1.82) is 0 Å². The molecule has 2 rings (SSSR count). The Morgan fingerprint density at radius 3 is 2.44 bits per heavy atom. The molecule has 0 aliphatic rings. The van der Waals surface area contributed by atoms with Crippen LogP contribution < -0.4 is 5.73 Å². The average Bonchev–Trinajstić information content (AvgIpc) is 2.31. The summed E-state index contributed by atoms with van der Waals surface area (Å²) in [4.78, 5) is 3.87. The summed E-state index contributed by atoms with van der Waals surface area (Å²) < 4.78 is 38.4. The van der Waals surface area contributed by atoms with E-state index in [9.17, 15) is 13.2 Å². The lowest BCUT2D eigenvalue weighted by atomic mass is 9.99. The first-order chi connectivity index (χ1) is 8.48. The van der Waals surface area contributed by atoms with Gasteiger partial charge in [-0.3, -0.25) is 4.98 Å². The van der Waals surface area contributed by atoms with Crippen LogP contribution in [-0.2, 0) is 12.6 Å². The summed E-state index contributed by atoms with van der Waals surface area (Å²) in [6.45, 7) is 0. The minimum atomic E-state index is -4.35. The monoisotopic (exact) mass is 252 g/mol. The minimum absolute atomic E-state index is 0.120. The van der Waals surface area contributed by atoms with Gasteiger partial charge in [-0.15, -0.1) is 0 Å². The molecule has 0 bridgehead atoms. The summed E-state index contributed by atoms with van der Waals surface area (Å²) in [5, 5.41) is 0. The minimum Gasteiger partial charge on any atom is -0.398 e. The molecule has 0 aliphatic heterocycles. The lowest BCUT2D eigenvalue weighted by Crippen LogP contribution is -2.09. The van der Waals surface area contributed by atoms with Crippen molar-refractivity contribution in [3.8, 4) is 0 Å². The molecule has 2 nitrogen and oxygen atoms in total. The zero-order chi connectivity index (χ0) is 13.2. The molecule has 0 aliphatic carbocycles. The second-order valence-electron chi connectivity index (χ2n) is 3.91. The van der Waals surface area contributed by atoms with Crippen molar-refractivity contribution in [3.63, 3.8) is 0 Å². The van der Waals surface area contributed by atoms with E-state index in [4.69, 9.17) is 5.73 Å². The molecule has 1 heterocycles. The van der Waals surface area contributed by atoms with Gasteiger partial charge in [-0.1, -0.05) is 18.2 Å². The van der Waals surface area contributed by atoms with E-state index < -0.39 is 11.7 Å². The molecule has 1 aromatic heterocycles. The number of aromatic nitrogens is 1. The van der Waals surface area contributed by atoms with Gasteiger partial charge >= 0.3 is 6.18 Å². The van der Waals surface area contributed by atoms with Gasteiger partial charge in [-0.2, -0.15) is 13.2 Å². The van der Waals surface area contributed by atoms with Crippen LogP contribution in [-0.4, -0.2) is 4.98 Å². The third kappa shape index (κ3) is 2.61. The van der Waals surface area contributed by atoms with Crippen LogP contribution in [0, 0.1) is 0 Å². The van der Waals surface area contributed by atoms with E-state index >= 15 is 0 Å². The number of halogens is 3. The molecule has 1 aromatic carbocycles. The largest absolute Gasteiger partial charge is 0.416 e. The Labute approximate surface area is 102 Å². The molecular formula is C13H11F3N2. The molecule has 0 atom stereocenters. The number of nitrogen functional groups attached to an aromatic ring is 1. The molecule has 0 saturated carbocycles. The highest BCUT2D eigenvalue weighted by Crippen LogP contribution is 2.33. The summed E-state index contributed by atoms with van der Waals surface area (Å²) in [6.07, 6.45) is -1.24. The van der Waals surface area contributed by atoms with Gasteiger partial charge in [0.05, 0.1) is 5.56 Å². The van der Waals surface area contributed by atoms with Crippen LogP contribution in [0.3, 0.4) is 0 Å². The molecule has 2 aromatic rings. The van der Waals surface area contributed by atoms with E-state index in [2.05, 4.69) is 4.98 Å². The Bertz CT molecular complexity index is 550. The van der Waals surface area contributed by atoms with Crippen molar-refractivity contribution >= 4 is 5.69 Å². The van der Waals surface area contributed by atoms with Crippen LogP contribution in [0.5, 0.6) is 0 Å². The van der Waals surface area contributed by atoms with Crippen LogP contribution in [0.1, 0.15) is 16.7 Å². The van der Waals surface area contributed by atoms with E-state index in [1.165, 1.54) is 24.5 Å². The second-order valence-corrected chi connectivity index (χ2v) is 3.91. The maximum absolute atomic E-state index is 12.8. The van der Waals surface area contributed by atoms with Crippen LogP contribution in [0.15, 0.2) is 42.7 Å². The molecule has 0 unspecified atom stereocenters. The molecule has 18 heavy (non-hydrogen) atoms. The summed E-state index contributed by atoms with van der Waals surface area (Å²) in [5.74, 6) is 0. The van der Waals surface area contributed by atoms with Crippen LogP contribution in [0.4, 0.5) is 18.9 Å². The second kappa shape index (κ2) is 4.68. The SMILES string of the molecule is Nc1ccncc1Cc1ccccc1C(F)(F)F. The van der Waals surface area contributed by atoms with Crippen LogP contribution >= 0.6 is 0 Å². The zero-order valence-electron chi connectivity index (χ0n) is 9.41. The van der Waals surface area contributed by atoms with E-state index in [0.29, 0.717) is 11.3 Å². The Hall–Kier alpha value is -2.04. The lowest BCUT2D eigenvalue weighted by molar-refractivity contribution is -0.138. The van der Waals surface area contributed by atoms with Gasteiger partial charge in [0.25, 0.3) is 0 Å². The first kappa shape index (κ1) is 12.4. The number of pyridine rings is 1. The number of nitrogens with zero attached hydrogens (tertiary/aromatic N) is 1. The maximum atomic E-state index is 12.8. The fraction of sp³-hybridized carbons (Fsp3) is 0.154. The Morgan fingerprint density at radius 1 is 1.06 bits per heavy atom. The number of benzene rings is 1. The normalized spacial score (nSPS) is 11.5. The van der Waals surface area contributed by atoms with E-state index in [1.54, 1.807) is 12.1 Å². The number of hydrogen-bond acceptors (Lipinski definition) is 2. The molecule has 0 fully saturated rings. The number of rotatable bonds is 2. The van der Waals surface area contributed by atoms with Gasteiger partial charge in [0.15, 0.2) is 0 Å². The molecular weight excluding hydrogens is 241 g/mol. The first-order valence-electron chi connectivity index (χ1n) is 5.32. The lowest BCUT2D eigenvalue weighted by Gasteiger charge is -2.13. The fourth-order valence-electron chi connectivity index (χ4n) is 1.74. The topological polar surface area (TPSA) is 38.9 Å². The molecule has 0 amide bonds. The zero-order valence-corrected chi connectivity index (χ0v) is 9.41. The number of hydrogen-bond donors (Lipinski definition) is 1. The summed E-state index contributed by atoms with van der Waals surface area (Å²) in [7, 11) is 0. The summed E-state index contributed by atoms with van der Waals surface area (Å²) >= 11 is 0. The highest BCUT2D eigenvalue weighted by atomic mass is 19.4. The molecule has 2 N–H and O–H groups in total. The average molecular weight is 252 g/mol. The Morgan fingerprint density at radius 2 is 1.78 bits per heavy atom. The van der Waals surface area contributed by atoms with Crippen LogP contribution in [0.25, 0.3) is 0 Å². The third-order valence-electron chi connectivity index (χ3n) is 2.64. The highest BCUT2D eigenvalue weighted by Gasteiger charge is 2.32. The summed E-state index contributed by atoms with van der Waals surface area (Å²) in [5.41, 5.74) is 6.31. The first-order valence-corrected chi connectivity index (χ1v) is 5.32. The van der Waals surface area contributed by atoms with Crippen molar-refractivity contribution in [2.45, 2.75) is 12.6 Å². The van der Waals surface area contributed by atoms with E-state index in [0.717, 1.165) is 6.07 Å². The summed E-state index contributed by atoms with van der Waals surface area (Å²) in [6, 6.07) is 7.05. The van der Waals surface area contributed by atoms with Crippen molar-refractivity contribution in [3.05, 3.63) is 59.4 Å². The van der Waals surface area contributed by atoms with Gasteiger partial charge in [0.2, 0.25) is 0 Å². The van der Waals surface area contributed by atoms with Gasteiger partial charge < -0.3 is 5.73 Å². The van der Waals surface area contributed by atoms with Gasteiger partial charge in [0, 0.05) is 24.5 Å². The van der Waals surface area contributed by atoms with Crippen molar-refractivity contribution in [2.75, 3.05) is 5.73 Å². The van der Waals surface area contributed by atoms with Crippen molar-refractivity contribution < 1.29 is 13.2 Å². The predicted octanol–water partition coefficient (Wildman–Crippen LogP) is 3.27.